The van der Waals surface area contributed by atoms with E-state index in [1.54, 1.807) is 0 Å². The Balaban J connectivity index is 1.39. The molecule has 2 amide bonds. The number of rotatable bonds is 7. The summed E-state index contributed by atoms with van der Waals surface area (Å²) in [5.41, 5.74) is 4.64. The zero-order valence-corrected chi connectivity index (χ0v) is 17.7. The summed E-state index contributed by atoms with van der Waals surface area (Å²) in [4.78, 5) is 27.4. The van der Waals surface area contributed by atoms with Crippen LogP contribution in [0.4, 0.5) is 0 Å². The van der Waals surface area contributed by atoms with Crippen LogP contribution in [0.15, 0.2) is 78.9 Å². The second-order valence-corrected chi connectivity index (χ2v) is 8.03. The van der Waals surface area contributed by atoms with E-state index in [0.29, 0.717) is 17.7 Å². The molecule has 4 nitrogen and oxygen atoms in total. The van der Waals surface area contributed by atoms with E-state index in [9.17, 15) is 9.59 Å². The first-order valence-electron chi connectivity index (χ1n) is 11.0. The number of nitrogens with zero attached hydrogens (tertiary/aromatic N) is 1. The summed E-state index contributed by atoms with van der Waals surface area (Å²) >= 11 is 0. The number of likely N-dealkylation sites (tertiary alicyclic amines) is 1. The monoisotopic (exact) mass is 412 g/mol. The Morgan fingerprint density at radius 3 is 2.29 bits per heavy atom. The van der Waals surface area contributed by atoms with Gasteiger partial charge in [0.25, 0.3) is 11.8 Å². The van der Waals surface area contributed by atoms with Gasteiger partial charge in [-0.25, -0.2) is 0 Å². The highest BCUT2D eigenvalue weighted by molar-refractivity contribution is 5.96. The Hall–Kier alpha value is -3.40. The van der Waals surface area contributed by atoms with Crippen molar-refractivity contribution in [1.29, 1.82) is 0 Å². The van der Waals surface area contributed by atoms with Crippen LogP contribution in [0.1, 0.15) is 50.2 Å². The molecule has 1 aliphatic heterocycles. The van der Waals surface area contributed by atoms with Gasteiger partial charge in [-0.15, -0.1) is 0 Å². The molecule has 3 aromatic carbocycles. The molecular weight excluding hydrogens is 384 g/mol. The molecule has 0 aliphatic carbocycles. The molecule has 0 radical (unpaired) electrons. The van der Waals surface area contributed by atoms with Crippen LogP contribution >= 0.6 is 0 Å². The van der Waals surface area contributed by atoms with Gasteiger partial charge < -0.3 is 10.2 Å². The van der Waals surface area contributed by atoms with Crippen LogP contribution in [-0.2, 0) is 19.4 Å². The van der Waals surface area contributed by atoms with Gasteiger partial charge in [-0.2, -0.15) is 0 Å². The number of aryl methyl sites for hydroxylation is 2. The SMILES string of the molecule is O=C(NCc1cccc(C(=O)N2CCCC2)c1)c1ccccc1CCc1ccccc1. The van der Waals surface area contributed by atoms with E-state index in [1.807, 2.05) is 71.6 Å². The van der Waals surface area contributed by atoms with E-state index in [-0.39, 0.29) is 11.8 Å². The van der Waals surface area contributed by atoms with Gasteiger partial charge in [-0.3, -0.25) is 9.59 Å². The van der Waals surface area contributed by atoms with Crippen molar-refractivity contribution >= 4 is 11.8 Å². The van der Waals surface area contributed by atoms with E-state index in [0.717, 1.165) is 49.9 Å². The highest BCUT2D eigenvalue weighted by Gasteiger charge is 2.19. The van der Waals surface area contributed by atoms with Crippen molar-refractivity contribution in [3.05, 3.63) is 107 Å². The topological polar surface area (TPSA) is 49.4 Å². The molecule has 1 heterocycles. The van der Waals surface area contributed by atoms with Gasteiger partial charge >= 0.3 is 0 Å². The lowest BCUT2D eigenvalue weighted by Crippen LogP contribution is -2.28. The van der Waals surface area contributed by atoms with E-state index >= 15 is 0 Å². The number of benzene rings is 3. The standard InChI is InChI=1S/C27H28N2O2/c30-26(25-14-5-4-12-23(25)16-15-21-9-2-1-3-10-21)28-20-22-11-8-13-24(19-22)27(31)29-17-6-7-18-29/h1-5,8-14,19H,6-7,15-18,20H2,(H,28,30). The van der Waals surface area contributed by atoms with Crippen molar-refractivity contribution in [2.24, 2.45) is 0 Å². The molecule has 0 spiro atoms. The minimum absolute atomic E-state index is 0.0805. The molecule has 0 unspecified atom stereocenters. The largest absolute Gasteiger partial charge is 0.348 e. The minimum Gasteiger partial charge on any atom is -0.348 e. The number of hydrogen-bond acceptors (Lipinski definition) is 2. The molecule has 158 valence electrons. The quantitative estimate of drug-likeness (QED) is 0.615. The van der Waals surface area contributed by atoms with Gasteiger partial charge in [0.2, 0.25) is 0 Å². The summed E-state index contributed by atoms with van der Waals surface area (Å²) in [5.74, 6) is -0.00290. The minimum atomic E-state index is -0.0834. The average molecular weight is 413 g/mol. The number of nitrogens with one attached hydrogen (secondary N) is 1. The molecule has 3 aromatic rings. The normalized spacial score (nSPS) is 13.2. The molecule has 1 saturated heterocycles. The van der Waals surface area contributed by atoms with Crippen LogP contribution in [0.2, 0.25) is 0 Å². The molecule has 1 aliphatic rings. The van der Waals surface area contributed by atoms with Crippen molar-refractivity contribution < 1.29 is 9.59 Å². The number of amides is 2. The first-order chi connectivity index (χ1) is 15.2. The summed E-state index contributed by atoms with van der Waals surface area (Å²) in [5, 5.41) is 3.03. The summed E-state index contributed by atoms with van der Waals surface area (Å²) in [6, 6.07) is 25.7. The number of carbonyl (C=O) groups is 2. The molecule has 0 atom stereocenters. The lowest BCUT2D eigenvalue weighted by Gasteiger charge is -2.16. The van der Waals surface area contributed by atoms with E-state index in [4.69, 9.17) is 0 Å². The predicted octanol–water partition coefficient (Wildman–Crippen LogP) is 4.64. The van der Waals surface area contributed by atoms with Gasteiger partial charge in [0.1, 0.15) is 0 Å². The molecule has 0 bridgehead atoms. The third kappa shape index (κ3) is 5.40. The first kappa shape index (κ1) is 20.9. The predicted molar refractivity (Wildman–Crippen MR) is 123 cm³/mol. The summed E-state index contributed by atoms with van der Waals surface area (Å²) in [6.07, 6.45) is 3.86. The zero-order chi connectivity index (χ0) is 21.5. The Morgan fingerprint density at radius 1 is 0.774 bits per heavy atom. The molecule has 31 heavy (non-hydrogen) atoms. The third-order valence-electron chi connectivity index (χ3n) is 5.81. The first-order valence-corrected chi connectivity index (χ1v) is 11.0. The van der Waals surface area contributed by atoms with Gasteiger partial charge in [-0.1, -0.05) is 60.7 Å². The lowest BCUT2D eigenvalue weighted by molar-refractivity contribution is 0.0792. The fourth-order valence-corrected chi connectivity index (χ4v) is 4.08. The number of carbonyl (C=O) groups excluding carboxylic acids is 2. The fourth-order valence-electron chi connectivity index (χ4n) is 4.08. The van der Waals surface area contributed by atoms with Crippen molar-refractivity contribution in [2.75, 3.05) is 13.1 Å². The van der Waals surface area contributed by atoms with Crippen molar-refractivity contribution in [1.82, 2.24) is 10.2 Å². The highest BCUT2D eigenvalue weighted by atomic mass is 16.2. The smallest absolute Gasteiger partial charge is 0.253 e. The third-order valence-corrected chi connectivity index (χ3v) is 5.81. The second kappa shape index (κ2) is 10.1. The van der Waals surface area contributed by atoms with Crippen LogP contribution in [-0.4, -0.2) is 29.8 Å². The van der Waals surface area contributed by atoms with Crippen LogP contribution in [0.25, 0.3) is 0 Å². The van der Waals surface area contributed by atoms with Gasteiger partial charge in [0.15, 0.2) is 0 Å². The maximum atomic E-state index is 12.9. The van der Waals surface area contributed by atoms with E-state index in [1.165, 1.54) is 5.56 Å². The molecular formula is C27H28N2O2. The Labute approximate surface area is 183 Å². The fraction of sp³-hybridized carbons (Fsp3) is 0.259. The van der Waals surface area contributed by atoms with Crippen molar-refractivity contribution in [3.8, 4) is 0 Å². The van der Waals surface area contributed by atoms with Crippen LogP contribution in [0, 0.1) is 0 Å². The average Bonchev–Trinajstić information content (AvgIpc) is 3.37. The lowest BCUT2D eigenvalue weighted by atomic mass is 9.99. The molecule has 1 N–H and O–H groups in total. The molecule has 1 fully saturated rings. The van der Waals surface area contributed by atoms with Crippen LogP contribution in [0.5, 0.6) is 0 Å². The summed E-state index contributed by atoms with van der Waals surface area (Å²) < 4.78 is 0. The highest BCUT2D eigenvalue weighted by Crippen LogP contribution is 2.16. The van der Waals surface area contributed by atoms with Gasteiger partial charge in [0, 0.05) is 30.8 Å². The van der Waals surface area contributed by atoms with E-state index in [2.05, 4.69) is 17.4 Å². The van der Waals surface area contributed by atoms with Crippen molar-refractivity contribution in [2.45, 2.75) is 32.2 Å². The van der Waals surface area contributed by atoms with Gasteiger partial charge in [-0.05, 0) is 60.6 Å². The number of hydrogen-bond donors (Lipinski definition) is 1. The van der Waals surface area contributed by atoms with Crippen LogP contribution < -0.4 is 5.32 Å². The van der Waals surface area contributed by atoms with Crippen LogP contribution in [0.3, 0.4) is 0 Å². The van der Waals surface area contributed by atoms with E-state index < -0.39 is 0 Å². The van der Waals surface area contributed by atoms with Crippen molar-refractivity contribution in [3.63, 3.8) is 0 Å². The Kier molecular flexibility index (Phi) is 6.78. The molecule has 0 aromatic heterocycles. The van der Waals surface area contributed by atoms with Gasteiger partial charge in [0.05, 0.1) is 0 Å². The molecule has 4 heteroatoms. The Morgan fingerprint density at radius 2 is 1.48 bits per heavy atom. The molecule has 4 rings (SSSR count). The maximum Gasteiger partial charge on any atom is 0.253 e. The second-order valence-electron chi connectivity index (χ2n) is 8.03. The molecule has 0 saturated carbocycles. The Bertz CT molecular complexity index is 1040. The summed E-state index contributed by atoms with van der Waals surface area (Å²) in [7, 11) is 0. The zero-order valence-electron chi connectivity index (χ0n) is 17.7. The summed E-state index contributed by atoms with van der Waals surface area (Å²) in [6.45, 7) is 2.06. The maximum absolute atomic E-state index is 12.9.